The maximum Gasteiger partial charge on any atom is 0.573 e. The highest BCUT2D eigenvalue weighted by molar-refractivity contribution is 5.76. The first kappa shape index (κ1) is 39.0. The number of urea groups is 1. The molecular weight excluding hydrogens is 703 g/mol. The Labute approximate surface area is 285 Å². The molecule has 3 aromatic rings. The molecule has 1 aliphatic carbocycles. The number of benzene rings is 3. The number of carboxylic acid groups (broad SMARTS) is 1. The predicted molar refractivity (Wildman–Crippen MR) is 163 cm³/mol. The molecule has 278 valence electrons. The molecule has 0 aliphatic heterocycles. The molecule has 0 aromatic heterocycles. The Kier molecular flexibility index (Phi) is 11.6. The first-order valence-electron chi connectivity index (χ1n) is 15.5. The number of ether oxygens (including phenoxy) is 3. The van der Waals surface area contributed by atoms with Crippen molar-refractivity contribution in [3.63, 3.8) is 0 Å². The zero-order valence-corrected chi connectivity index (χ0v) is 26.8. The average molecular weight is 737 g/mol. The van der Waals surface area contributed by atoms with Crippen LogP contribution < -0.4 is 24.8 Å². The van der Waals surface area contributed by atoms with Crippen LogP contribution in [-0.4, -0.2) is 49.2 Å². The number of hydrogen-bond acceptors (Lipinski definition) is 5. The van der Waals surface area contributed by atoms with E-state index in [1.165, 1.54) is 36.4 Å². The van der Waals surface area contributed by atoms with Crippen molar-refractivity contribution in [1.29, 1.82) is 0 Å². The van der Waals surface area contributed by atoms with Crippen LogP contribution in [0.3, 0.4) is 0 Å². The Morgan fingerprint density at radius 1 is 0.804 bits per heavy atom. The fraction of sp³-hybridized carbons (Fsp3) is 0.412. The van der Waals surface area contributed by atoms with Gasteiger partial charge in [0.2, 0.25) is 0 Å². The van der Waals surface area contributed by atoms with E-state index < -0.39 is 66.3 Å². The molecule has 4 rings (SSSR count). The predicted octanol–water partition coefficient (Wildman–Crippen LogP) is 8.49. The van der Waals surface area contributed by atoms with Crippen molar-refractivity contribution in [3.8, 4) is 17.2 Å². The van der Waals surface area contributed by atoms with E-state index in [1.807, 2.05) is 0 Å². The molecule has 1 saturated carbocycles. The fourth-order valence-corrected chi connectivity index (χ4v) is 6.06. The van der Waals surface area contributed by atoms with Gasteiger partial charge in [0.15, 0.2) is 0 Å². The summed E-state index contributed by atoms with van der Waals surface area (Å²) in [4.78, 5) is 25.0. The summed E-state index contributed by atoms with van der Waals surface area (Å²) in [5.41, 5.74) is -3.25. The van der Waals surface area contributed by atoms with Crippen molar-refractivity contribution < 1.29 is 68.4 Å². The molecule has 17 heteroatoms. The van der Waals surface area contributed by atoms with Gasteiger partial charge < -0.3 is 30.0 Å². The van der Waals surface area contributed by atoms with Crippen LogP contribution in [0.1, 0.15) is 49.3 Å². The Morgan fingerprint density at radius 3 is 1.84 bits per heavy atom. The smallest absolute Gasteiger partial charge is 0.493 e. The molecule has 1 aliphatic rings. The molecule has 2 atom stereocenters. The molecule has 0 saturated heterocycles. The number of amides is 2. The summed E-state index contributed by atoms with van der Waals surface area (Å²) in [7, 11) is 0. The minimum absolute atomic E-state index is 0.0744. The second-order valence-corrected chi connectivity index (χ2v) is 12.3. The van der Waals surface area contributed by atoms with Crippen molar-refractivity contribution in [2.24, 2.45) is 11.3 Å². The molecule has 0 bridgehead atoms. The largest absolute Gasteiger partial charge is 0.573 e. The third-order valence-corrected chi connectivity index (χ3v) is 8.63. The maximum absolute atomic E-state index is 13.2. The molecule has 8 nitrogen and oxygen atoms in total. The maximum atomic E-state index is 13.2. The number of carboxylic acids is 1. The van der Waals surface area contributed by atoms with Crippen LogP contribution in [0.2, 0.25) is 0 Å². The number of aliphatic carboxylic acids is 1. The summed E-state index contributed by atoms with van der Waals surface area (Å²) in [6.45, 7) is -0.0745. The van der Waals surface area contributed by atoms with E-state index in [-0.39, 0.29) is 23.7 Å². The second kappa shape index (κ2) is 15.2. The van der Waals surface area contributed by atoms with E-state index in [0.717, 1.165) is 49.2 Å². The van der Waals surface area contributed by atoms with Crippen LogP contribution in [0.25, 0.3) is 0 Å². The highest BCUT2D eigenvalue weighted by Crippen LogP contribution is 2.42. The number of alkyl halides is 9. The molecule has 0 unspecified atom stereocenters. The van der Waals surface area contributed by atoms with Gasteiger partial charge in [0.1, 0.15) is 23.8 Å². The van der Waals surface area contributed by atoms with E-state index in [4.69, 9.17) is 4.74 Å². The van der Waals surface area contributed by atoms with Gasteiger partial charge in [-0.1, -0.05) is 49.2 Å². The third kappa shape index (κ3) is 10.8. The third-order valence-electron chi connectivity index (χ3n) is 8.63. The highest BCUT2D eigenvalue weighted by atomic mass is 19.4. The van der Waals surface area contributed by atoms with E-state index >= 15 is 0 Å². The van der Waals surface area contributed by atoms with Crippen LogP contribution in [0.15, 0.2) is 72.8 Å². The highest BCUT2D eigenvalue weighted by Gasteiger charge is 2.44. The van der Waals surface area contributed by atoms with Crippen LogP contribution in [-0.2, 0) is 16.8 Å². The van der Waals surface area contributed by atoms with Gasteiger partial charge in [0.25, 0.3) is 0 Å². The average Bonchev–Trinajstić information content (AvgIpc) is 3.02. The summed E-state index contributed by atoms with van der Waals surface area (Å²) in [5.74, 6) is -2.51. The van der Waals surface area contributed by atoms with E-state index in [2.05, 4.69) is 14.8 Å². The fourth-order valence-electron chi connectivity index (χ4n) is 6.06. The quantitative estimate of drug-likeness (QED) is 0.161. The van der Waals surface area contributed by atoms with Gasteiger partial charge in [-0.15, -0.1) is 26.3 Å². The van der Waals surface area contributed by atoms with Crippen LogP contribution in [0, 0.1) is 11.3 Å². The zero-order chi connectivity index (χ0) is 37.7. The first-order valence-corrected chi connectivity index (χ1v) is 15.5. The molecule has 0 spiro atoms. The van der Waals surface area contributed by atoms with Gasteiger partial charge in [-0.25, -0.2) is 4.79 Å². The summed E-state index contributed by atoms with van der Waals surface area (Å²) < 4.78 is 132. The lowest BCUT2D eigenvalue weighted by atomic mass is 9.68. The van der Waals surface area contributed by atoms with E-state index in [1.54, 1.807) is 12.2 Å². The van der Waals surface area contributed by atoms with Gasteiger partial charge in [-0.3, -0.25) is 4.79 Å². The summed E-state index contributed by atoms with van der Waals surface area (Å²) in [5, 5.41) is 13.8. The van der Waals surface area contributed by atoms with Crippen LogP contribution >= 0.6 is 0 Å². The molecule has 0 radical (unpaired) electrons. The lowest BCUT2D eigenvalue weighted by molar-refractivity contribution is -0.275. The Bertz CT molecular complexity index is 1600. The molecule has 0 heterocycles. The molecule has 51 heavy (non-hydrogen) atoms. The van der Waals surface area contributed by atoms with Gasteiger partial charge in [0, 0.05) is 12.3 Å². The monoisotopic (exact) mass is 736 g/mol. The lowest BCUT2D eigenvalue weighted by Gasteiger charge is -2.37. The van der Waals surface area contributed by atoms with Crippen LogP contribution in [0.4, 0.5) is 44.3 Å². The topological polar surface area (TPSA) is 106 Å². The minimum atomic E-state index is -5.17. The van der Waals surface area contributed by atoms with Crippen molar-refractivity contribution in [1.82, 2.24) is 10.6 Å². The molecule has 3 aromatic carbocycles. The van der Waals surface area contributed by atoms with Gasteiger partial charge in [0.05, 0.1) is 17.6 Å². The lowest BCUT2D eigenvalue weighted by Crippen LogP contribution is -2.53. The standard InChI is InChI=1S/C34H33F9N2O6/c1-30(28(46)47)15-3-2-6-24(30)19-49-25-13-11-21(12-14-25)18-31(45-29(48)44-20-32(35,36)37,22-7-4-9-26(16-22)50-33(38,39)40)23-8-5-10-27(17-23)51-34(41,42)43/h4-5,7-14,16-17,24H,2-3,6,15,18-20H2,1H3,(H,46,47)(H2,44,45,48)/t24-,30+/m0/s1. The SMILES string of the molecule is C[C@@]1(C(=O)O)CCCC[C@H]1COc1ccc(CC(NC(=O)NCC(F)(F)F)(c2cccc(OC(F)(F)F)c2)c2cccc(OC(F)(F)F)c2)cc1. The second-order valence-electron chi connectivity index (χ2n) is 12.3. The number of halogens is 9. The number of carbonyl (C=O) groups is 2. The number of carbonyl (C=O) groups excluding carboxylic acids is 1. The van der Waals surface area contributed by atoms with Crippen molar-refractivity contribution >= 4 is 12.0 Å². The number of rotatable bonds is 12. The number of nitrogens with one attached hydrogen (secondary N) is 2. The van der Waals surface area contributed by atoms with Crippen molar-refractivity contribution in [3.05, 3.63) is 89.5 Å². The van der Waals surface area contributed by atoms with Gasteiger partial charge >= 0.3 is 30.9 Å². The Morgan fingerprint density at radius 2 is 1.35 bits per heavy atom. The Hall–Kier alpha value is -4.83. The van der Waals surface area contributed by atoms with Crippen molar-refractivity contribution in [2.75, 3.05) is 13.2 Å². The minimum Gasteiger partial charge on any atom is -0.493 e. The van der Waals surface area contributed by atoms with E-state index in [0.29, 0.717) is 24.2 Å². The Balaban J connectivity index is 1.77. The molecule has 1 fully saturated rings. The van der Waals surface area contributed by atoms with Gasteiger partial charge in [-0.05, 0) is 72.9 Å². The summed E-state index contributed by atoms with van der Waals surface area (Å²) >= 11 is 0. The van der Waals surface area contributed by atoms with Gasteiger partial charge in [-0.2, -0.15) is 13.2 Å². The molecular formula is C34H33F9N2O6. The number of hydrogen-bond donors (Lipinski definition) is 3. The summed E-state index contributed by atoms with van der Waals surface area (Å²) in [6.07, 6.45) is -13.0. The van der Waals surface area contributed by atoms with Crippen molar-refractivity contribution in [2.45, 2.75) is 63.5 Å². The molecule has 3 N–H and O–H groups in total. The van der Waals surface area contributed by atoms with E-state index in [9.17, 15) is 54.2 Å². The van der Waals surface area contributed by atoms with Crippen LogP contribution in [0.5, 0.6) is 17.2 Å². The summed E-state index contributed by atoms with van der Waals surface area (Å²) in [6, 6.07) is 12.6. The first-order chi connectivity index (χ1) is 23.7. The normalized spacial score (nSPS) is 18.4. The zero-order valence-electron chi connectivity index (χ0n) is 26.8. The molecule has 2 amide bonds.